The number of rotatable bonds is 6. The van der Waals surface area contributed by atoms with Gasteiger partial charge in [0.2, 0.25) is 5.91 Å². The van der Waals surface area contributed by atoms with E-state index in [1.54, 1.807) is 6.08 Å². The third kappa shape index (κ3) is 5.63. The van der Waals surface area contributed by atoms with Crippen LogP contribution in [0.2, 0.25) is 5.02 Å². The van der Waals surface area contributed by atoms with E-state index in [9.17, 15) is 9.59 Å². The van der Waals surface area contributed by atoms with Crippen LogP contribution in [0.15, 0.2) is 48.5 Å². The van der Waals surface area contributed by atoms with E-state index in [0.29, 0.717) is 16.3 Å². The molecule has 1 N–H and O–H groups in total. The lowest BCUT2D eigenvalue weighted by Gasteiger charge is -2.09. The maximum atomic E-state index is 12.1. The average Bonchev–Trinajstić information content (AvgIpc) is 2.61. The molecule has 136 valence electrons. The Kier molecular flexibility index (Phi) is 6.81. The summed E-state index contributed by atoms with van der Waals surface area (Å²) in [7, 11) is 1.29. The van der Waals surface area contributed by atoms with Gasteiger partial charge in [0.15, 0.2) is 0 Å². The Balaban J connectivity index is 2.09. The summed E-state index contributed by atoms with van der Waals surface area (Å²) in [6.45, 7) is 3.89. The van der Waals surface area contributed by atoms with Gasteiger partial charge in [-0.2, -0.15) is 0 Å². The maximum Gasteiger partial charge on any atom is 0.337 e. The third-order valence-corrected chi connectivity index (χ3v) is 3.63. The predicted octanol–water partition coefficient (Wildman–Crippen LogP) is 4.57. The second-order valence-electron chi connectivity index (χ2n) is 5.75. The zero-order valence-electron chi connectivity index (χ0n) is 14.8. The topological polar surface area (TPSA) is 64.6 Å². The second-order valence-corrected chi connectivity index (χ2v) is 6.16. The summed E-state index contributed by atoms with van der Waals surface area (Å²) in [4.78, 5) is 23.7. The number of benzene rings is 2. The van der Waals surface area contributed by atoms with Gasteiger partial charge in [-0.3, -0.25) is 4.79 Å². The van der Waals surface area contributed by atoms with E-state index in [4.69, 9.17) is 16.3 Å². The first-order valence-corrected chi connectivity index (χ1v) is 8.40. The number of hydrogen-bond acceptors (Lipinski definition) is 4. The SMILES string of the molecule is COC(=O)c1ccc(Cl)c(NC(=O)/C=C/c2cccc(OC(C)C)c2)c1. The minimum Gasteiger partial charge on any atom is -0.491 e. The summed E-state index contributed by atoms with van der Waals surface area (Å²) in [6, 6.07) is 11.9. The van der Waals surface area contributed by atoms with E-state index in [0.717, 1.165) is 11.3 Å². The number of amides is 1. The molecule has 6 heteroatoms. The number of ether oxygens (including phenoxy) is 2. The van der Waals surface area contributed by atoms with Crippen molar-refractivity contribution in [3.8, 4) is 5.75 Å². The molecular formula is C20H20ClNO4. The van der Waals surface area contributed by atoms with Gasteiger partial charge in [-0.1, -0.05) is 23.7 Å². The van der Waals surface area contributed by atoms with Crippen LogP contribution in [-0.4, -0.2) is 25.1 Å². The number of nitrogens with one attached hydrogen (secondary N) is 1. The van der Waals surface area contributed by atoms with Crippen LogP contribution in [-0.2, 0) is 9.53 Å². The number of anilines is 1. The van der Waals surface area contributed by atoms with Crippen molar-refractivity contribution >= 4 is 35.2 Å². The van der Waals surface area contributed by atoms with Crippen molar-refractivity contribution in [2.75, 3.05) is 12.4 Å². The van der Waals surface area contributed by atoms with Crippen LogP contribution in [0.5, 0.6) is 5.75 Å². The molecule has 0 atom stereocenters. The van der Waals surface area contributed by atoms with Gasteiger partial charge in [0.1, 0.15) is 5.75 Å². The van der Waals surface area contributed by atoms with E-state index in [1.165, 1.54) is 31.4 Å². The molecule has 1 amide bonds. The zero-order chi connectivity index (χ0) is 19.1. The van der Waals surface area contributed by atoms with Crippen LogP contribution in [0.1, 0.15) is 29.8 Å². The Morgan fingerprint density at radius 2 is 1.92 bits per heavy atom. The Morgan fingerprint density at radius 3 is 2.62 bits per heavy atom. The van der Waals surface area contributed by atoms with Crippen molar-refractivity contribution in [3.05, 3.63) is 64.7 Å². The second kappa shape index (κ2) is 9.06. The summed E-state index contributed by atoms with van der Waals surface area (Å²) in [5, 5.41) is 2.98. The van der Waals surface area contributed by atoms with Gasteiger partial charge in [-0.15, -0.1) is 0 Å². The first-order chi connectivity index (χ1) is 12.4. The van der Waals surface area contributed by atoms with Crippen LogP contribution < -0.4 is 10.1 Å². The first kappa shape index (κ1) is 19.5. The van der Waals surface area contributed by atoms with Gasteiger partial charge in [0, 0.05) is 6.08 Å². The minimum absolute atomic E-state index is 0.0711. The van der Waals surface area contributed by atoms with Crippen LogP contribution >= 0.6 is 11.6 Å². The molecule has 0 saturated carbocycles. The summed E-state index contributed by atoms with van der Waals surface area (Å²) in [5.74, 6) is -0.143. The molecule has 0 fully saturated rings. The Bertz CT molecular complexity index is 830. The summed E-state index contributed by atoms with van der Waals surface area (Å²) >= 11 is 6.07. The number of carbonyl (C=O) groups is 2. The van der Waals surface area contributed by atoms with Crippen LogP contribution in [0.3, 0.4) is 0 Å². The zero-order valence-corrected chi connectivity index (χ0v) is 15.5. The lowest BCUT2D eigenvalue weighted by atomic mass is 10.2. The van der Waals surface area contributed by atoms with Gasteiger partial charge < -0.3 is 14.8 Å². The van der Waals surface area contributed by atoms with Crippen molar-refractivity contribution in [1.29, 1.82) is 0 Å². The predicted molar refractivity (Wildman–Crippen MR) is 103 cm³/mol. The number of hydrogen-bond donors (Lipinski definition) is 1. The number of methoxy groups -OCH3 is 1. The lowest BCUT2D eigenvalue weighted by Crippen LogP contribution is -2.10. The standard InChI is InChI=1S/C20H20ClNO4/c1-13(2)26-16-6-4-5-14(11-16)7-10-19(23)22-18-12-15(20(24)25-3)8-9-17(18)21/h4-13H,1-3H3,(H,22,23)/b10-7+. The fraction of sp³-hybridized carbons (Fsp3) is 0.200. The van der Waals surface area contributed by atoms with Crippen molar-refractivity contribution in [3.63, 3.8) is 0 Å². The van der Waals surface area contributed by atoms with E-state index in [2.05, 4.69) is 10.1 Å². The van der Waals surface area contributed by atoms with Gasteiger partial charge in [-0.25, -0.2) is 4.79 Å². The van der Waals surface area contributed by atoms with Crippen molar-refractivity contribution in [2.45, 2.75) is 20.0 Å². The smallest absolute Gasteiger partial charge is 0.337 e. The normalized spacial score (nSPS) is 10.8. The van der Waals surface area contributed by atoms with E-state index < -0.39 is 5.97 Å². The molecule has 0 bridgehead atoms. The molecule has 0 aliphatic heterocycles. The highest BCUT2D eigenvalue weighted by molar-refractivity contribution is 6.34. The first-order valence-electron chi connectivity index (χ1n) is 8.02. The summed E-state index contributed by atoms with van der Waals surface area (Å²) in [5.41, 5.74) is 1.46. The van der Waals surface area contributed by atoms with E-state index in [1.807, 2.05) is 38.1 Å². The quantitative estimate of drug-likeness (QED) is 0.595. The van der Waals surface area contributed by atoms with Gasteiger partial charge in [0.05, 0.1) is 29.5 Å². The molecule has 0 aromatic heterocycles. The van der Waals surface area contributed by atoms with Gasteiger partial charge >= 0.3 is 5.97 Å². The fourth-order valence-corrected chi connectivity index (χ4v) is 2.34. The van der Waals surface area contributed by atoms with Crippen molar-refractivity contribution < 1.29 is 19.1 Å². The molecule has 0 spiro atoms. The van der Waals surface area contributed by atoms with Gasteiger partial charge in [0.25, 0.3) is 0 Å². The molecule has 0 unspecified atom stereocenters. The molecule has 26 heavy (non-hydrogen) atoms. The monoisotopic (exact) mass is 373 g/mol. The molecule has 0 saturated heterocycles. The minimum atomic E-state index is -0.505. The fourth-order valence-electron chi connectivity index (χ4n) is 2.18. The molecule has 2 aromatic rings. The highest BCUT2D eigenvalue weighted by atomic mass is 35.5. The highest BCUT2D eigenvalue weighted by Crippen LogP contribution is 2.23. The maximum absolute atomic E-state index is 12.1. The molecule has 2 aromatic carbocycles. The summed E-state index contributed by atoms with van der Waals surface area (Å²) < 4.78 is 10.3. The van der Waals surface area contributed by atoms with Crippen LogP contribution in [0, 0.1) is 0 Å². The number of halogens is 1. The lowest BCUT2D eigenvalue weighted by molar-refractivity contribution is -0.111. The van der Waals surface area contributed by atoms with Crippen molar-refractivity contribution in [1.82, 2.24) is 0 Å². The van der Waals surface area contributed by atoms with Crippen LogP contribution in [0.4, 0.5) is 5.69 Å². The molecule has 0 aliphatic rings. The van der Waals surface area contributed by atoms with Crippen molar-refractivity contribution in [2.24, 2.45) is 0 Å². The molecular weight excluding hydrogens is 354 g/mol. The Labute approximate surface area is 157 Å². The highest BCUT2D eigenvalue weighted by Gasteiger charge is 2.10. The molecule has 2 rings (SSSR count). The average molecular weight is 374 g/mol. The molecule has 0 heterocycles. The third-order valence-electron chi connectivity index (χ3n) is 3.30. The molecule has 0 aliphatic carbocycles. The number of esters is 1. The molecule has 5 nitrogen and oxygen atoms in total. The Hall–Kier alpha value is -2.79. The molecule has 0 radical (unpaired) electrons. The number of carbonyl (C=O) groups excluding carboxylic acids is 2. The summed E-state index contributed by atoms with van der Waals surface area (Å²) in [6.07, 6.45) is 3.12. The van der Waals surface area contributed by atoms with Crippen LogP contribution in [0.25, 0.3) is 6.08 Å². The Morgan fingerprint density at radius 1 is 1.15 bits per heavy atom. The van der Waals surface area contributed by atoms with E-state index >= 15 is 0 Å². The van der Waals surface area contributed by atoms with E-state index in [-0.39, 0.29) is 12.0 Å². The largest absolute Gasteiger partial charge is 0.491 e. The van der Waals surface area contributed by atoms with Gasteiger partial charge in [-0.05, 0) is 55.8 Å².